The fraction of sp³-hybridized carbons (Fsp3) is 0.174. The summed E-state index contributed by atoms with van der Waals surface area (Å²) in [5, 5.41) is 2.78. The summed E-state index contributed by atoms with van der Waals surface area (Å²) in [6.45, 7) is 3.81. The molecule has 162 valence electrons. The Balaban J connectivity index is 1.59. The van der Waals surface area contributed by atoms with E-state index in [0.29, 0.717) is 11.4 Å². The van der Waals surface area contributed by atoms with E-state index in [1.807, 2.05) is 50.2 Å². The number of ether oxygens (including phenoxy) is 1. The van der Waals surface area contributed by atoms with Gasteiger partial charge in [-0.1, -0.05) is 17.7 Å². The molecule has 0 atom stereocenters. The molecule has 3 aromatic rings. The molecule has 3 rings (SSSR count). The largest absolute Gasteiger partial charge is 0.497 e. The summed E-state index contributed by atoms with van der Waals surface area (Å²) in [6, 6.07) is 19.1. The number of nitrogens with one attached hydrogen (secondary N) is 2. The summed E-state index contributed by atoms with van der Waals surface area (Å²) in [5.41, 5.74) is 2.98. The van der Waals surface area contributed by atoms with E-state index in [0.717, 1.165) is 21.8 Å². The van der Waals surface area contributed by atoms with Crippen LogP contribution in [0.4, 0.5) is 11.4 Å². The Morgan fingerprint density at radius 3 is 2.26 bits per heavy atom. The van der Waals surface area contributed by atoms with Gasteiger partial charge in [0.2, 0.25) is 5.91 Å². The van der Waals surface area contributed by atoms with Gasteiger partial charge >= 0.3 is 0 Å². The van der Waals surface area contributed by atoms with Crippen molar-refractivity contribution >= 4 is 39.1 Å². The van der Waals surface area contributed by atoms with Gasteiger partial charge in [-0.15, -0.1) is 11.8 Å². The van der Waals surface area contributed by atoms with E-state index in [9.17, 15) is 13.2 Å². The molecule has 0 aliphatic rings. The lowest BCUT2D eigenvalue weighted by molar-refractivity contribution is -0.113. The van der Waals surface area contributed by atoms with E-state index in [-0.39, 0.29) is 16.6 Å². The lowest BCUT2D eigenvalue weighted by Crippen LogP contribution is -2.15. The first-order valence-electron chi connectivity index (χ1n) is 9.54. The summed E-state index contributed by atoms with van der Waals surface area (Å²) >= 11 is 1.40. The molecule has 6 nitrogen and oxygen atoms in total. The zero-order valence-electron chi connectivity index (χ0n) is 17.5. The maximum atomic E-state index is 12.7. The SMILES string of the molecule is COc1ccc(SCC(=O)Nc2ccc(S(=O)(=O)Nc3ccc(C)cc3C)cc2)cc1. The second kappa shape index (κ2) is 9.89. The van der Waals surface area contributed by atoms with Gasteiger partial charge in [-0.25, -0.2) is 8.42 Å². The van der Waals surface area contributed by atoms with Crippen molar-refractivity contribution in [2.45, 2.75) is 23.6 Å². The number of hydrogen-bond donors (Lipinski definition) is 2. The maximum absolute atomic E-state index is 12.7. The fourth-order valence-corrected chi connectivity index (χ4v) is 4.70. The first-order chi connectivity index (χ1) is 14.8. The summed E-state index contributed by atoms with van der Waals surface area (Å²) in [7, 11) is -2.12. The number of sulfonamides is 1. The van der Waals surface area contributed by atoms with Gasteiger partial charge in [-0.2, -0.15) is 0 Å². The lowest BCUT2D eigenvalue weighted by Gasteiger charge is -2.12. The monoisotopic (exact) mass is 456 g/mol. The minimum Gasteiger partial charge on any atom is -0.497 e. The smallest absolute Gasteiger partial charge is 0.261 e. The molecule has 0 saturated heterocycles. The second-order valence-corrected chi connectivity index (χ2v) is 9.69. The highest BCUT2D eigenvalue weighted by Crippen LogP contribution is 2.23. The van der Waals surface area contributed by atoms with Crippen LogP contribution in [0, 0.1) is 13.8 Å². The van der Waals surface area contributed by atoms with Crippen molar-refractivity contribution in [1.82, 2.24) is 0 Å². The molecule has 0 unspecified atom stereocenters. The number of thioether (sulfide) groups is 1. The summed E-state index contributed by atoms with van der Waals surface area (Å²) in [5.74, 6) is 0.821. The number of rotatable bonds is 8. The van der Waals surface area contributed by atoms with Gasteiger partial charge in [0, 0.05) is 10.6 Å². The van der Waals surface area contributed by atoms with Crippen LogP contribution in [0.3, 0.4) is 0 Å². The Morgan fingerprint density at radius 1 is 0.968 bits per heavy atom. The Labute approximate surface area is 187 Å². The number of carbonyl (C=O) groups is 1. The molecule has 2 N–H and O–H groups in total. The Kier molecular flexibility index (Phi) is 7.25. The van der Waals surface area contributed by atoms with Crippen LogP contribution < -0.4 is 14.8 Å². The number of amides is 1. The summed E-state index contributed by atoms with van der Waals surface area (Å²) in [6.07, 6.45) is 0. The van der Waals surface area contributed by atoms with E-state index < -0.39 is 10.0 Å². The Bertz CT molecular complexity index is 1160. The van der Waals surface area contributed by atoms with Crippen molar-refractivity contribution in [2.75, 3.05) is 22.9 Å². The highest BCUT2D eigenvalue weighted by molar-refractivity contribution is 8.00. The molecule has 0 radical (unpaired) electrons. The van der Waals surface area contributed by atoms with Crippen LogP contribution >= 0.6 is 11.8 Å². The van der Waals surface area contributed by atoms with Crippen LogP contribution in [-0.4, -0.2) is 27.2 Å². The number of methoxy groups -OCH3 is 1. The van der Waals surface area contributed by atoms with Crippen LogP contribution in [0.1, 0.15) is 11.1 Å². The normalized spacial score (nSPS) is 11.1. The van der Waals surface area contributed by atoms with E-state index in [4.69, 9.17) is 4.74 Å². The van der Waals surface area contributed by atoms with Gasteiger partial charge in [-0.3, -0.25) is 9.52 Å². The van der Waals surface area contributed by atoms with Crippen LogP contribution in [0.2, 0.25) is 0 Å². The van der Waals surface area contributed by atoms with Crippen molar-refractivity contribution in [1.29, 1.82) is 0 Å². The topological polar surface area (TPSA) is 84.5 Å². The number of hydrogen-bond acceptors (Lipinski definition) is 5. The minimum atomic E-state index is -3.72. The Hall–Kier alpha value is -2.97. The highest BCUT2D eigenvalue weighted by Gasteiger charge is 2.15. The zero-order chi connectivity index (χ0) is 22.4. The second-order valence-electron chi connectivity index (χ2n) is 6.96. The van der Waals surface area contributed by atoms with Crippen molar-refractivity contribution in [3.05, 3.63) is 77.9 Å². The molecule has 3 aromatic carbocycles. The fourth-order valence-electron chi connectivity index (χ4n) is 2.87. The summed E-state index contributed by atoms with van der Waals surface area (Å²) < 4.78 is 33.1. The average molecular weight is 457 g/mol. The quantitative estimate of drug-likeness (QED) is 0.474. The highest BCUT2D eigenvalue weighted by atomic mass is 32.2. The van der Waals surface area contributed by atoms with Crippen LogP contribution in [-0.2, 0) is 14.8 Å². The molecule has 0 aromatic heterocycles. The first kappa shape index (κ1) is 22.7. The van der Waals surface area contributed by atoms with E-state index in [2.05, 4.69) is 10.0 Å². The molecule has 0 saturated carbocycles. The van der Waals surface area contributed by atoms with Crippen molar-refractivity contribution in [2.24, 2.45) is 0 Å². The number of benzene rings is 3. The molecule has 0 heterocycles. The molecular formula is C23H24N2O4S2. The predicted molar refractivity (Wildman–Crippen MR) is 126 cm³/mol. The Morgan fingerprint density at radius 2 is 1.65 bits per heavy atom. The maximum Gasteiger partial charge on any atom is 0.261 e. The van der Waals surface area contributed by atoms with Crippen molar-refractivity contribution < 1.29 is 17.9 Å². The summed E-state index contributed by atoms with van der Waals surface area (Å²) in [4.78, 5) is 13.3. The van der Waals surface area contributed by atoms with E-state index >= 15 is 0 Å². The van der Waals surface area contributed by atoms with Gasteiger partial charge in [0.25, 0.3) is 10.0 Å². The number of carbonyl (C=O) groups excluding carboxylic acids is 1. The van der Waals surface area contributed by atoms with Crippen LogP contribution in [0.25, 0.3) is 0 Å². The molecule has 31 heavy (non-hydrogen) atoms. The van der Waals surface area contributed by atoms with Gasteiger partial charge in [0.1, 0.15) is 5.75 Å². The third kappa shape index (κ3) is 6.26. The molecular weight excluding hydrogens is 432 g/mol. The minimum absolute atomic E-state index is 0.123. The number of aryl methyl sites for hydroxylation is 2. The van der Waals surface area contributed by atoms with Crippen molar-refractivity contribution in [3.8, 4) is 5.75 Å². The van der Waals surface area contributed by atoms with E-state index in [1.54, 1.807) is 25.3 Å². The third-order valence-electron chi connectivity index (χ3n) is 4.50. The zero-order valence-corrected chi connectivity index (χ0v) is 19.1. The van der Waals surface area contributed by atoms with Gasteiger partial charge in [0.15, 0.2) is 0 Å². The third-order valence-corrected chi connectivity index (χ3v) is 6.90. The van der Waals surface area contributed by atoms with Gasteiger partial charge in [0.05, 0.1) is 23.4 Å². The molecule has 0 spiro atoms. The molecule has 1 amide bonds. The number of anilines is 2. The molecule has 0 bridgehead atoms. The first-order valence-corrected chi connectivity index (χ1v) is 12.0. The predicted octanol–water partition coefficient (Wildman–Crippen LogP) is 4.84. The lowest BCUT2D eigenvalue weighted by atomic mass is 10.1. The van der Waals surface area contributed by atoms with Gasteiger partial charge < -0.3 is 10.1 Å². The van der Waals surface area contributed by atoms with E-state index in [1.165, 1.54) is 23.9 Å². The average Bonchev–Trinajstić information content (AvgIpc) is 2.75. The molecule has 8 heteroatoms. The molecule has 0 aliphatic carbocycles. The molecule has 0 fully saturated rings. The van der Waals surface area contributed by atoms with Crippen molar-refractivity contribution in [3.63, 3.8) is 0 Å². The van der Waals surface area contributed by atoms with Crippen LogP contribution in [0.15, 0.2) is 76.5 Å². The van der Waals surface area contributed by atoms with Gasteiger partial charge in [-0.05, 0) is 74.0 Å². The standard InChI is InChI=1S/C23H24N2O4S2/c1-16-4-13-22(17(2)14-16)25-31(27,28)21-11-5-18(6-12-21)24-23(26)15-30-20-9-7-19(29-3)8-10-20/h4-14,25H,15H2,1-3H3,(H,24,26). The van der Waals surface area contributed by atoms with Crippen LogP contribution in [0.5, 0.6) is 5.75 Å². The molecule has 0 aliphatic heterocycles.